The lowest BCUT2D eigenvalue weighted by atomic mass is 9.97. The third-order valence-corrected chi connectivity index (χ3v) is 3.90. The minimum atomic E-state index is -0.350. The fourth-order valence-electron chi connectivity index (χ4n) is 2.62. The van der Waals surface area contributed by atoms with Crippen molar-refractivity contribution in [2.45, 2.75) is 57.3 Å². The van der Waals surface area contributed by atoms with Crippen molar-refractivity contribution in [1.82, 2.24) is 10.6 Å². The summed E-state index contributed by atoms with van der Waals surface area (Å²) in [6, 6.07) is -0.116. The van der Waals surface area contributed by atoms with Crippen LogP contribution in [0.15, 0.2) is 0 Å². The van der Waals surface area contributed by atoms with Crippen LogP contribution < -0.4 is 10.6 Å². The maximum Gasteiger partial charge on any atom is 0.223 e. The van der Waals surface area contributed by atoms with Gasteiger partial charge >= 0.3 is 0 Å². The van der Waals surface area contributed by atoms with Gasteiger partial charge in [0.15, 0.2) is 0 Å². The van der Waals surface area contributed by atoms with E-state index in [2.05, 4.69) is 10.6 Å². The topological polar surface area (TPSA) is 87.7 Å². The van der Waals surface area contributed by atoms with Crippen LogP contribution >= 0.6 is 0 Å². The minimum absolute atomic E-state index is 0.0386. The molecule has 2 rings (SSSR count). The highest BCUT2D eigenvalue weighted by molar-refractivity contribution is 5.80. The van der Waals surface area contributed by atoms with Crippen LogP contribution in [-0.4, -0.2) is 48.3 Å². The summed E-state index contributed by atoms with van der Waals surface area (Å²) in [7, 11) is 0. The zero-order valence-corrected chi connectivity index (χ0v) is 11.9. The van der Waals surface area contributed by atoms with Gasteiger partial charge in [0, 0.05) is 19.4 Å². The third-order valence-electron chi connectivity index (χ3n) is 3.90. The van der Waals surface area contributed by atoms with Crippen molar-refractivity contribution in [3.63, 3.8) is 0 Å². The van der Waals surface area contributed by atoms with Crippen LogP contribution in [0.1, 0.15) is 39.0 Å². The molecule has 3 N–H and O–H groups in total. The molecule has 2 aliphatic rings. The van der Waals surface area contributed by atoms with Gasteiger partial charge in [0.2, 0.25) is 11.8 Å². The van der Waals surface area contributed by atoms with E-state index in [1.54, 1.807) is 0 Å². The van der Waals surface area contributed by atoms with Crippen LogP contribution in [0.2, 0.25) is 0 Å². The van der Waals surface area contributed by atoms with Crippen LogP contribution in [0.25, 0.3) is 0 Å². The van der Waals surface area contributed by atoms with Gasteiger partial charge in [0.1, 0.15) is 6.10 Å². The molecule has 1 saturated carbocycles. The number of rotatable bonds is 6. The van der Waals surface area contributed by atoms with Gasteiger partial charge in [0.25, 0.3) is 0 Å². The first-order chi connectivity index (χ1) is 9.60. The summed E-state index contributed by atoms with van der Waals surface area (Å²) < 4.78 is 5.79. The molecule has 114 valence electrons. The van der Waals surface area contributed by atoms with Crippen LogP contribution in [-0.2, 0) is 14.3 Å². The van der Waals surface area contributed by atoms with Gasteiger partial charge < -0.3 is 20.5 Å². The van der Waals surface area contributed by atoms with E-state index in [4.69, 9.17) is 4.74 Å². The summed E-state index contributed by atoms with van der Waals surface area (Å²) in [6.07, 6.45) is 4.09. The van der Waals surface area contributed by atoms with E-state index in [1.807, 2.05) is 0 Å². The fraction of sp³-hybridized carbons (Fsp3) is 0.857. The van der Waals surface area contributed by atoms with E-state index in [1.165, 1.54) is 6.92 Å². The van der Waals surface area contributed by atoms with E-state index in [9.17, 15) is 14.7 Å². The highest BCUT2D eigenvalue weighted by Gasteiger charge is 2.32. The molecule has 1 heterocycles. The van der Waals surface area contributed by atoms with Gasteiger partial charge in [-0.3, -0.25) is 9.59 Å². The normalized spacial score (nSPS) is 29.8. The number of hydrogen-bond donors (Lipinski definition) is 3. The van der Waals surface area contributed by atoms with Gasteiger partial charge in [-0.25, -0.2) is 0 Å². The summed E-state index contributed by atoms with van der Waals surface area (Å²) >= 11 is 0. The number of ether oxygens (including phenoxy) is 1. The van der Waals surface area contributed by atoms with Crippen LogP contribution in [0.4, 0.5) is 0 Å². The quantitative estimate of drug-likeness (QED) is 0.638. The zero-order chi connectivity index (χ0) is 14.5. The summed E-state index contributed by atoms with van der Waals surface area (Å²) in [5, 5.41) is 15.1. The van der Waals surface area contributed by atoms with Crippen molar-refractivity contribution < 1.29 is 19.4 Å². The first kappa shape index (κ1) is 15.3. The molecule has 20 heavy (non-hydrogen) atoms. The number of hydrogen-bond acceptors (Lipinski definition) is 4. The molecule has 6 heteroatoms. The highest BCUT2D eigenvalue weighted by atomic mass is 16.5. The Morgan fingerprint density at radius 3 is 2.60 bits per heavy atom. The average molecular weight is 284 g/mol. The molecule has 0 bridgehead atoms. The molecule has 0 aromatic carbocycles. The summed E-state index contributed by atoms with van der Waals surface area (Å²) in [6.45, 7) is 1.98. The largest absolute Gasteiger partial charge is 0.394 e. The van der Waals surface area contributed by atoms with E-state index >= 15 is 0 Å². The number of amides is 2. The Balaban J connectivity index is 1.69. The average Bonchev–Trinajstić information content (AvgIpc) is 3.24. The Labute approximate surface area is 119 Å². The monoisotopic (exact) mass is 284 g/mol. The van der Waals surface area contributed by atoms with Crippen LogP contribution in [0, 0.1) is 5.92 Å². The van der Waals surface area contributed by atoms with Crippen molar-refractivity contribution in [1.29, 1.82) is 0 Å². The summed E-state index contributed by atoms with van der Waals surface area (Å²) in [5.74, 6) is 0.277. The standard InChI is InChI=1S/C14H24N2O4/c1-9(18)16-12-5-4-11(20-13(12)8-17)6-7-15-14(19)10-2-3-10/h10-13,17H,2-8H2,1H3,(H,15,19)(H,16,18)/t11-,12+,13-/m0/s1. The van der Waals surface area contributed by atoms with E-state index in [0.717, 1.165) is 32.1 Å². The molecule has 0 aromatic heterocycles. The maximum atomic E-state index is 11.5. The molecule has 0 unspecified atom stereocenters. The second-order valence-electron chi connectivity index (χ2n) is 5.72. The smallest absolute Gasteiger partial charge is 0.223 e. The molecular formula is C14H24N2O4. The van der Waals surface area contributed by atoms with Crippen molar-refractivity contribution in [3.8, 4) is 0 Å². The summed E-state index contributed by atoms with van der Waals surface area (Å²) in [4.78, 5) is 22.6. The minimum Gasteiger partial charge on any atom is -0.394 e. The summed E-state index contributed by atoms with van der Waals surface area (Å²) in [5.41, 5.74) is 0. The number of aliphatic hydroxyl groups excluding tert-OH is 1. The first-order valence-corrected chi connectivity index (χ1v) is 7.41. The lowest BCUT2D eigenvalue weighted by Gasteiger charge is -2.36. The maximum absolute atomic E-state index is 11.5. The molecule has 2 amide bonds. The first-order valence-electron chi connectivity index (χ1n) is 7.41. The van der Waals surface area contributed by atoms with Gasteiger partial charge in [-0.1, -0.05) is 0 Å². The van der Waals surface area contributed by atoms with Crippen molar-refractivity contribution in [3.05, 3.63) is 0 Å². The Hall–Kier alpha value is -1.14. The van der Waals surface area contributed by atoms with Crippen LogP contribution in [0.3, 0.4) is 0 Å². The number of carbonyl (C=O) groups is 2. The molecule has 1 saturated heterocycles. The highest BCUT2D eigenvalue weighted by Crippen LogP contribution is 2.28. The lowest BCUT2D eigenvalue weighted by molar-refractivity contribution is -0.127. The molecule has 3 atom stereocenters. The van der Waals surface area contributed by atoms with E-state index < -0.39 is 0 Å². The Morgan fingerprint density at radius 2 is 2.00 bits per heavy atom. The second kappa shape index (κ2) is 7.04. The molecule has 0 radical (unpaired) electrons. The zero-order valence-electron chi connectivity index (χ0n) is 11.9. The fourth-order valence-corrected chi connectivity index (χ4v) is 2.62. The van der Waals surface area contributed by atoms with Gasteiger partial charge in [0.05, 0.1) is 18.8 Å². The Kier molecular flexibility index (Phi) is 5.37. The Morgan fingerprint density at radius 1 is 1.25 bits per heavy atom. The van der Waals surface area contributed by atoms with E-state index in [0.29, 0.717) is 6.54 Å². The Bertz CT molecular complexity index is 357. The third kappa shape index (κ3) is 4.45. The molecule has 2 fully saturated rings. The van der Waals surface area contributed by atoms with Crippen molar-refractivity contribution >= 4 is 11.8 Å². The number of aliphatic hydroxyl groups is 1. The second-order valence-corrected chi connectivity index (χ2v) is 5.72. The number of carbonyl (C=O) groups excluding carboxylic acids is 2. The lowest BCUT2D eigenvalue weighted by Crippen LogP contribution is -2.50. The molecule has 0 spiro atoms. The van der Waals surface area contributed by atoms with Gasteiger partial charge in [-0.15, -0.1) is 0 Å². The molecule has 1 aliphatic carbocycles. The molecule has 6 nitrogen and oxygen atoms in total. The van der Waals surface area contributed by atoms with Crippen molar-refractivity contribution in [2.75, 3.05) is 13.2 Å². The van der Waals surface area contributed by atoms with E-state index in [-0.39, 0.29) is 42.6 Å². The molecule has 0 aromatic rings. The SMILES string of the molecule is CC(=O)N[C@@H]1CC[C@@H](CCNC(=O)C2CC2)O[C@H]1CO. The van der Waals surface area contributed by atoms with Crippen molar-refractivity contribution in [2.24, 2.45) is 5.92 Å². The number of nitrogens with one attached hydrogen (secondary N) is 2. The van der Waals surface area contributed by atoms with Crippen LogP contribution in [0.5, 0.6) is 0 Å². The molecule has 1 aliphatic heterocycles. The predicted octanol–water partition coefficient (Wildman–Crippen LogP) is -0.0527. The van der Waals surface area contributed by atoms with Gasteiger partial charge in [-0.2, -0.15) is 0 Å². The van der Waals surface area contributed by atoms with Gasteiger partial charge in [-0.05, 0) is 32.1 Å². The molecular weight excluding hydrogens is 260 g/mol. The predicted molar refractivity (Wildman–Crippen MR) is 72.9 cm³/mol.